The Morgan fingerprint density at radius 3 is 2.80 bits per heavy atom. The van der Waals surface area contributed by atoms with Gasteiger partial charge in [0.15, 0.2) is 26.5 Å². The molecule has 0 unspecified atom stereocenters. The van der Waals surface area contributed by atoms with Crippen LogP contribution in [0, 0.1) is 0 Å². The number of hydrogen-bond acceptors (Lipinski definition) is 7. The standard InChI is InChI=1S/C20H18N2O6S2/c1-26-15-5-3-2-4-13(15)22-14-9-30(24,25)10-18(14)29-20(22)21-19(23)12-6-7-16-17(8-12)28-11-27-16/h2-8,14,18H,9-11H2,1H3/t14-,18-/m1/s1. The molecule has 8 nitrogen and oxygen atoms in total. The molecule has 2 aromatic carbocycles. The molecule has 0 spiro atoms. The number of methoxy groups -OCH3 is 1. The van der Waals surface area contributed by atoms with Crippen LogP contribution in [0.5, 0.6) is 17.2 Å². The zero-order chi connectivity index (χ0) is 20.9. The van der Waals surface area contributed by atoms with E-state index < -0.39 is 15.7 Å². The van der Waals surface area contributed by atoms with Gasteiger partial charge in [0, 0.05) is 10.8 Å². The van der Waals surface area contributed by atoms with Gasteiger partial charge in [-0.2, -0.15) is 4.99 Å². The fourth-order valence-electron chi connectivity index (χ4n) is 3.86. The van der Waals surface area contributed by atoms with Crippen LogP contribution in [0.15, 0.2) is 47.5 Å². The number of nitrogens with zero attached hydrogens (tertiary/aromatic N) is 2. The highest BCUT2D eigenvalue weighted by Gasteiger charge is 2.50. The minimum Gasteiger partial charge on any atom is -0.495 e. The fraction of sp³-hybridized carbons (Fsp3) is 0.300. The molecule has 2 saturated heterocycles. The topological polar surface area (TPSA) is 94.5 Å². The lowest BCUT2D eigenvalue weighted by atomic mass is 10.2. The summed E-state index contributed by atoms with van der Waals surface area (Å²) < 4.78 is 40.6. The summed E-state index contributed by atoms with van der Waals surface area (Å²) >= 11 is 1.32. The van der Waals surface area contributed by atoms with Gasteiger partial charge in [-0.15, -0.1) is 0 Å². The Kier molecular flexibility index (Phi) is 4.62. The van der Waals surface area contributed by atoms with E-state index in [-0.39, 0.29) is 29.6 Å². The van der Waals surface area contributed by atoms with Crippen molar-refractivity contribution in [2.75, 3.05) is 30.3 Å². The molecule has 0 aliphatic carbocycles. The molecule has 0 radical (unpaired) electrons. The molecule has 0 N–H and O–H groups in total. The van der Waals surface area contributed by atoms with E-state index in [0.29, 0.717) is 33.7 Å². The third-order valence-electron chi connectivity index (χ3n) is 5.23. The molecule has 5 rings (SSSR count). The first-order chi connectivity index (χ1) is 14.4. The van der Waals surface area contributed by atoms with Crippen molar-refractivity contribution in [3.63, 3.8) is 0 Å². The highest BCUT2D eigenvalue weighted by Crippen LogP contribution is 2.44. The molecule has 0 saturated carbocycles. The summed E-state index contributed by atoms with van der Waals surface area (Å²) in [6.07, 6.45) is 0. The first-order valence-corrected chi connectivity index (χ1v) is 12.0. The summed E-state index contributed by atoms with van der Waals surface area (Å²) in [5.41, 5.74) is 1.06. The van der Waals surface area contributed by atoms with E-state index in [1.807, 2.05) is 23.1 Å². The highest BCUT2D eigenvalue weighted by atomic mass is 32.2. The molecule has 30 heavy (non-hydrogen) atoms. The van der Waals surface area contributed by atoms with Crippen LogP contribution in [0.2, 0.25) is 0 Å². The second-order valence-electron chi connectivity index (χ2n) is 7.11. The number of fused-ring (bicyclic) bond motifs is 2. The van der Waals surface area contributed by atoms with E-state index in [9.17, 15) is 13.2 Å². The number of carbonyl (C=O) groups excluding carboxylic acids is 1. The van der Waals surface area contributed by atoms with Gasteiger partial charge in [0.1, 0.15) is 5.75 Å². The van der Waals surface area contributed by atoms with Crippen molar-refractivity contribution in [1.29, 1.82) is 0 Å². The number of hydrogen-bond donors (Lipinski definition) is 0. The summed E-state index contributed by atoms with van der Waals surface area (Å²) in [7, 11) is -1.60. The molecule has 10 heteroatoms. The van der Waals surface area contributed by atoms with Crippen LogP contribution in [0.1, 0.15) is 10.4 Å². The number of rotatable bonds is 3. The van der Waals surface area contributed by atoms with Gasteiger partial charge in [0.2, 0.25) is 6.79 Å². The lowest BCUT2D eigenvalue weighted by Gasteiger charge is -2.26. The van der Waals surface area contributed by atoms with Crippen molar-refractivity contribution >= 4 is 38.4 Å². The maximum absolute atomic E-state index is 12.9. The molecule has 3 heterocycles. The Balaban J connectivity index is 1.53. The monoisotopic (exact) mass is 446 g/mol. The minimum atomic E-state index is -3.15. The Hall–Kier alpha value is -2.72. The van der Waals surface area contributed by atoms with Crippen molar-refractivity contribution < 1.29 is 27.4 Å². The van der Waals surface area contributed by atoms with Gasteiger partial charge < -0.3 is 19.1 Å². The maximum atomic E-state index is 12.9. The van der Waals surface area contributed by atoms with Crippen LogP contribution in [-0.4, -0.2) is 56.2 Å². The quantitative estimate of drug-likeness (QED) is 0.709. The molecule has 0 aromatic heterocycles. The Morgan fingerprint density at radius 1 is 1.17 bits per heavy atom. The number of amides is 1. The number of anilines is 1. The van der Waals surface area contributed by atoms with Crippen LogP contribution in [-0.2, 0) is 9.84 Å². The van der Waals surface area contributed by atoms with Crippen LogP contribution in [0.4, 0.5) is 5.69 Å². The van der Waals surface area contributed by atoms with Gasteiger partial charge in [-0.3, -0.25) is 4.79 Å². The van der Waals surface area contributed by atoms with Crippen molar-refractivity contribution in [2.45, 2.75) is 11.3 Å². The van der Waals surface area contributed by atoms with E-state index in [1.54, 1.807) is 31.4 Å². The highest BCUT2D eigenvalue weighted by molar-refractivity contribution is 8.16. The third-order valence-corrected chi connectivity index (χ3v) is 8.44. The van der Waals surface area contributed by atoms with E-state index in [4.69, 9.17) is 14.2 Å². The van der Waals surface area contributed by atoms with Crippen LogP contribution in [0.25, 0.3) is 0 Å². The molecular formula is C20H18N2O6S2. The number of sulfone groups is 1. The predicted molar refractivity (Wildman–Crippen MR) is 114 cm³/mol. The maximum Gasteiger partial charge on any atom is 0.279 e. The van der Waals surface area contributed by atoms with Crippen LogP contribution < -0.4 is 19.1 Å². The van der Waals surface area contributed by atoms with Crippen LogP contribution >= 0.6 is 11.8 Å². The first-order valence-electron chi connectivity index (χ1n) is 9.27. The second-order valence-corrected chi connectivity index (χ2v) is 10.5. The van der Waals surface area contributed by atoms with Gasteiger partial charge in [-0.1, -0.05) is 23.9 Å². The number of ether oxygens (including phenoxy) is 3. The predicted octanol–water partition coefficient (Wildman–Crippen LogP) is 2.34. The fourth-order valence-corrected chi connectivity index (χ4v) is 7.76. The molecule has 3 aliphatic rings. The van der Waals surface area contributed by atoms with E-state index >= 15 is 0 Å². The van der Waals surface area contributed by atoms with Crippen LogP contribution in [0.3, 0.4) is 0 Å². The Bertz CT molecular complexity index is 1160. The first kappa shape index (κ1) is 19.3. The van der Waals surface area contributed by atoms with Gasteiger partial charge in [0.05, 0.1) is 30.3 Å². The van der Waals surface area contributed by atoms with Crippen molar-refractivity contribution in [2.24, 2.45) is 4.99 Å². The SMILES string of the molecule is COc1ccccc1N1C(=NC(=O)c2ccc3c(c2)OCO3)S[C@@H]2CS(=O)(=O)C[C@H]21. The molecule has 156 valence electrons. The van der Waals surface area contributed by atoms with Crippen molar-refractivity contribution in [3.05, 3.63) is 48.0 Å². The van der Waals surface area contributed by atoms with Gasteiger partial charge in [-0.05, 0) is 30.3 Å². The van der Waals surface area contributed by atoms with E-state index in [0.717, 1.165) is 0 Å². The summed E-state index contributed by atoms with van der Waals surface area (Å²) in [6, 6.07) is 11.9. The number of benzene rings is 2. The van der Waals surface area contributed by atoms with Gasteiger partial charge in [-0.25, -0.2) is 8.42 Å². The van der Waals surface area contributed by atoms with Gasteiger partial charge >= 0.3 is 0 Å². The summed E-state index contributed by atoms with van der Waals surface area (Å²) in [5, 5.41) is 0.273. The smallest absolute Gasteiger partial charge is 0.279 e. The molecular weight excluding hydrogens is 428 g/mol. The van der Waals surface area contributed by atoms with E-state index in [1.165, 1.54) is 11.8 Å². The molecule has 3 aliphatic heterocycles. The number of para-hydroxylation sites is 2. The van der Waals surface area contributed by atoms with E-state index in [2.05, 4.69) is 4.99 Å². The van der Waals surface area contributed by atoms with Crippen molar-refractivity contribution in [3.8, 4) is 17.2 Å². The Labute approximate surface area is 177 Å². The molecule has 0 bridgehead atoms. The zero-order valence-electron chi connectivity index (χ0n) is 16.0. The summed E-state index contributed by atoms with van der Waals surface area (Å²) in [6.45, 7) is 0.122. The lowest BCUT2D eigenvalue weighted by Crippen LogP contribution is -2.38. The number of thioether (sulfide) groups is 1. The molecule has 2 fully saturated rings. The number of carbonyl (C=O) groups is 1. The minimum absolute atomic E-state index is 0.0138. The third kappa shape index (κ3) is 3.29. The Morgan fingerprint density at radius 2 is 1.97 bits per heavy atom. The molecule has 2 aromatic rings. The summed E-state index contributed by atoms with van der Waals surface area (Å²) in [4.78, 5) is 19.1. The normalized spacial score (nSPS) is 24.8. The molecule has 2 atom stereocenters. The zero-order valence-corrected chi connectivity index (χ0v) is 17.6. The average molecular weight is 447 g/mol. The average Bonchev–Trinajstić information content (AvgIpc) is 3.39. The number of aliphatic imine (C=N–C) groups is 1. The second kappa shape index (κ2) is 7.21. The van der Waals surface area contributed by atoms with Crippen molar-refractivity contribution in [1.82, 2.24) is 0 Å². The summed E-state index contributed by atoms with van der Waals surface area (Å²) in [5.74, 6) is 1.32. The van der Waals surface area contributed by atoms with Gasteiger partial charge in [0.25, 0.3) is 5.91 Å². The molecule has 1 amide bonds. The largest absolute Gasteiger partial charge is 0.495 e. The lowest BCUT2D eigenvalue weighted by molar-refractivity contribution is 0.100. The number of amidine groups is 1.